The zero-order valence-corrected chi connectivity index (χ0v) is 19.8. The summed E-state index contributed by atoms with van der Waals surface area (Å²) >= 11 is 0. The van der Waals surface area contributed by atoms with Gasteiger partial charge in [-0.2, -0.15) is 0 Å². The Morgan fingerprint density at radius 3 is 2.52 bits per heavy atom. The van der Waals surface area contributed by atoms with Gasteiger partial charge in [-0.05, 0) is 63.3 Å². The molecule has 2 bridgehead atoms. The lowest BCUT2D eigenvalue weighted by Gasteiger charge is -2.40. The smallest absolute Gasteiger partial charge is 0.252 e. The van der Waals surface area contributed by atoms with Crippen molar-refractivity contribution in [1.29, 1.82) is 0 Å². The number of ether oxygens (including phenoxy) is 1. The van der Waals surface area contributed by atoms with Gasteiger partial charge in [0.05, 0.1) is 12.7 Å². The fourth-order valence-electron chi connectivity index (χ4n) is 5.17. The van der Waals surface area contributed by atoms with Crippen LogP contribution in [0.4, 0.5) is 5.82 Å². The van der Waals surface area contributed by atoms with Crippen LogP contribution in [0.2, 0.25) is 0 Å². The Kier molecular flexibility index (Phi) is 7.16. The molecule has 2 N–H and O–H groups in total. The summed E-state index contributed by atoms with van der Waals surface area (Å²) in [7, 11) is 1.62. The van der Waals surface area contributed by atoms with E-state index < -0.39 is 0 Å². The van der Waals surface area contributed by atoms with E-state index in [1.54, 1.807) is 13.3 Å². The molecule has 176 valence electrons. The third-order valence-electron chi connectivity index (χ3n) is 6.91. The number of amides is 2. The first-order valence-corrected chi connectivity index (χ1v) is 12.0. The molecule has 2 aliphatic rings. The summed E-state index contributed by atoms with van der Waals surface area (Å²) in [5, 5.41) is 6.19. The van der Waals surface area contributed by atoms with Crippen LogP contribution in [0.15, 0.2) is 36.5 Å². The number of hydrogen-bond donors (Lipinski definition) is 2. The highest BCUT2D eigenvalue weighted by molar-refractivity contribution is 5.96. The lowest BCUT2D eigenvalue weighted by Crippen LogP contribution is -2.50. The van der Waals surface area contributed by atoms with Crippen LogP contribution in [0, 0.1) is 6.92 Å². The zero-order chi connectivity index (χ0) is 23.4. The van der Waals surface area contributed by atoms with E-state index in [-0.39, 0.29) is 17.9 Å². The highest BCUT2D eigenvalue weighted by atomic mass is 16.5. The van der Waals surface area contributed by atoms with E-state index in [0.717, 1.165) is 55.7 Å². The van der Waals surface area contributed by atoms with Crippen molar-refractivity contribution in [2.45, 2.75) is 70.5 Å². The second-order valence-electron chi connectivity index (χ2n) is 9.08. The van der Waals surface area contributed by atoms with Crippen LogP contribution in [0.3, 0.4) is 0 Å². The number of anilines is 1. The molecule has 0 spiro atoms. The van der Waals surface area contributed by atoms with Crippen LogP contribution >= 0.6 is 0 Å². The van der Waals surface area contributed by atoms with Crippen LogP contribution in [-0.2, 0) is 0 Å². The molecule has 1 aromatic carbocycles. The largest absolute Gasteiger partial charge is 0.496 e. The summed E-state index contributed by atoms with van der Waals surface area (Å²) in [5.74, 6) is 1.53. The Labute approximate surface area is 195 Å². The molecule has 2 unspecified atom stereocenters. The van der Waals surface area contributed by atoms with Gasteiger partial charge in [-0.1, -0.05) is 19.4 Å². The summed E-state index contributed by atoms with van der Waals surface area (Å²) in [5.41, 5.74) is 2.12. The molecular weight excluding hydrogens is 416 g/mol. The first kappa shape index (κ1) is 23.1. The van der Waals surface area contributed by atoms with Gasteiger partial charge in [-0.25, -0.2) is 4.98 Å². The minimum atomic E-state index is -0.0697. The number of methoxy groups -OCH3 is 1. The highest BCUT2D eigenvalue weighted by Gasteiger charge is 2.41. The van der Waals surface area contributed by atoms with E-state index >= 15 is 0 Å². The number of carbonyl (C=O) groups excluding carboxylic acids is 2. The molecule has 2 fully saturated rings. The predicted molar refractivity (Wildman–Crippen MR) is 129 cm³/mol. The number of pyridine rings is 1. The molecule has 2 aliphatic heterocycles. The zero-order valence-electron chi connectivity index (χ0n) is 19.8. The number of nitrogens with zero attached hydrogens (tertiary/aromatic N) is 2. The number of piperidine rings is 1. The predicted octanol–water partition coefficient (Wildman–Crippen LogP) is 3.86. The maximum Gasteiger partial charge on any atom is 0.252 e. The Bertz CT molecular complexity index is 978. The number of benzene rings is 1. The van der Waals surface area contributed by atoms with Gasteiger partial charge in [0.1, 0.15) is 11.6 Å². The number of fused-ring (bicyclic) bond motifs is 2. The van der Waals surface area contributed by atoms with Gasteiger partial charge in [0, 0.05) is 42.0 Å². The van der Waals surface area contributed by atoms with E-state index in [4.69, 9.17) is 4.74 Å². The van der Waals surface area contributed by atoms with Crippen molar-refractivity contribution in [2.75, 3.05) is 18.6 Å². The average Bonchev–Trinajstić information content (AvgIpc) is 3.09. The quantitative estimate of drug-likeness (QED) is 0.597. The van der Waals surface area contributed by atoms with E-state index in [1.165, 1.54) is 0 Å². The third kappa shape index (κ3) is 4.97. The summed E-state index contributed by atoms with van der Waals surface area (Å²) in [6.45, 7) is 4.71. The standard InChI is InChI=1S/C26H34N4O3/c1-4-5-13-27-25(31)18-9-12-24(28-16-18)30-20-10-11-21(30)15-19(14-20)29-26(32)22-7-6-8-23(33-3)17(22)2/h6-9,12,16,19-21H,4-5,10-11,13-15H2,1-3H3,(H,27,31)(H,29,32). The second-order valence-corrected chi connectivity index (χ2v) is 9.08. The minimum absolute atomic E-state index is 0.0409. The minimum Gasteiger partial charge on any atom is -0.496 e. The van der Waals surface area contributed by atoms with Crippen LogP contribution in [0.1, 0.15) is 71.7 Å². The van der Waals surface area contributed by atoms with Crippen molar-refractivity contribution in [1.82, 2.24) is 15.6 Å². The first-order chi connectivity index (χ1) is 16.0. The number of carbonyl (C=O) groups is 2. The Hall–Kier alpha value is -3.09. The normalized spacial score (nSPS) is 21.5. The van der Waals surface area contributed by atoms with Gasteiger partial charge < -0.3 is 20.3 Å². The average molecular weight is 451 g/mol. The Morgan fingerprint density at radius 2 is 1.88 bits per heavy atom. The topological polar surface area (TPSA) is 83.6 Å². The van der Waals surface area contributed by atoms with Crippen molar-refractivity contribution in [3.63, 3.8) is 0 Å². The van der Waals surface area contributed by atoms with Gasteiger partial charge in [0.25, 0.3) is 11.8 Å². The Balaban J connectivity index is 1.38. The molecule has 7 nitrogen and oxygen atoms in total. The van der Waals surface area contributed by atoms with E-state index in [2.05, 4.69) is 27.4 Å². The SMILES string of the molecule is CCCCNC(=O)c1ccc(N2C3CCC2CC(NC(=O)c2cccc(OC)c2C)C3)nc1. The van der Waals surface area contributed by atoms with Crippen LogP contribution in [-0.4, -0.2) is 48.6 Å². The summed E-state index contributed by atoms with van der Waals surface area (Å²) in [6, 6.07) is 10.2. The number of aromatic nitrogens is 1. The highest BCUT2D eigenvalue weighted by Crippen LogP contribution is 2.38. The molecule has 7 heteroatoms. The van der Waals surface area contributed by atoms with Crippen LogP contribution in [0.25, 0.3) is 0 Å². The fourth-order valence-corrected chi connectivity index (χ4v) is 5.17. The molecule has 2 atom stereocenters. The van der Waals surface area contributed by atoms with Gasteiger partial charge in [-0.3, -0.25) is 9.59 Å². The fraction of sp³-hybridized carbons (Fsp3) is 0.500. The molecule has 4 rings (SSSR count). The molecule has 2 amide bonds. The molecule has 2 saturated heterocycles. The number of hydrogen-bond acceptors (Lipinski definition) is 5. The summed E-state index contributed by atoms with van der Waals surface area (Å²) < 4.78 is 5.36. The Morgan fingerprint density at radius 1 is 1.12 bits per heavy atom. The molecule has 1 aromatic heterocycles. The van der Waals surface area contributed by atoms with Crippen molar-refractivity contribution < 1.29 is 14.3 Å². The summed E-state index contributed by atoms with van der Waals surface area (Å²) in [4.78, 5) is 32.2. The monoisotopic (exact) mass is 450 g/mol. The van der Waals surface area contributed by atoms with Crippen molar-refractivity contribution >= 4 is 17.6 Å². The molecule has 33 heavy (non-hydrogen) atoms. The lowest BCUT2D eigenvalue weighted by molar-refractivity contribution is 0.0923. The number of nitrogens with one attached hydrogen (secondary N) is 2. The number of rotatable bonds is 8. The third-order valence-corrected chi connectivity index (χ3v) is 6.91. The van der Waals surface area contributed by atoms with Crippen LogP contribution in [0.5, 0.6) is 5.75 Å². The van der Waals surface area contributed by atoms with E-state index in [1.807, 2.05) is 37.3 Å². The molecule has 0 aliphatic carbocycles. The van der Waals surface area contributed by atoms with Crippen LogP contribution < -0.4 is 20.3 Å². The first-order valence-electron chi connectivity index (χ1n) is 12.0. The van der Waals surface area contributed by atoms with Gasteiger partial charge in [0.15, 0.2) is 0 Å². The van der Waals surface area contributed by atoms with Gasteiger partial charge in [-0.15, -0.1) is 0 Å². The van der Waals surface area contributed by atoms with Gasteiger partial charge in [0.2, 0.25) is 0 Å². The maximum absolute atomic E-state index is 13.0. The van der Waals surface area contributed by atoms with E-state index in [9.17, 15) is 9.59 Å². The van der Waals surface area contributed by atoms with Crippen molar-refractivity contribution in [3.8, 4) is 5.75 Å². The molecule has 0 radical (unpaired) electrons. The lowest BCUT2D eigenvalue weighted by atomic mass is 9.96. The van der Waals surface area contributed by atoms with E-state index in [0.29, 0.717) is 29.8 Å². The molecule has 0 saturated carbocycles. The molecule has 2 aromatic rings. The maximum atomic E-state index is 13.0. The van der Waals surface area contributed by atoms with Crippen molar-refractivity contribution in [3.05, 3.63) is 53.2 Å². The van der Waals surface area contributed by atoms with Crippen molar-refractivity contribution in [2.24, 2.45) is 0 Å². The number of unbranched alkanes of at least 4 members (excludes halogenated alkanes) is 1. The molecular formula is C26H34N4O3. The molecule has 3 heterocycles. The summed E-state index contributed by atoms with van der Waals surface area (Å²) in [6.07, 6.45) is 7.68. The van der Waals surface area contributed by atoms with Gasteiger partial charge >= 0.3 is 0 Å². The second kappa shape index (κ2) is 10.2.